The van der Waals surface area contributed by atoms with Gasteiger partial charge in [-0.15, -0.1) is 0 Å². The predicted molar refractivity (Wildman–Crippen MR) is 35.9 cm³/mol. The summed E-state index contributed by atoms with van der Waals surface area (Å²) in [5, 5.41) is 8.62. The summed E-state index contributed by atoms with van der Waals surface area (Å²) in [6.45, 7) is -2.43. The van der Waals surface area contributed by atoms with E-state index in [1.165, 1.54) is 18.3 Å². The Labute approximate surface area is 62.6 Å². The number of aryl methyl sites for hydroxylation is 1. The van der Waals surface area contributed by atoms with Gasteiger partial charge in [-0.05, 0) is 18.5 Å². The van der Waals surface area contributed by atoms with E-state index < -0.39 is 18.5 Å². The highest BCUT2D eigenvalue weighted by molar-refractivity contribution is 5.86. The van der Waals surface area contributed by atoms with Crippen LogP contribution in [0.2, 0.25) is 0 Å². The lowest BCUT2D eigenvalue weighted by molar-refractivity contribution is 0.0689. The van der Waals surface area contributed by atoms with E-state index >= 15 is 0 Å². The fourth-order valence-corrected chi connectivity index (χ4v) is 0.576. The van der Waals surface area contributed by atoms with Crippen LogP contribution in [0.15, 0.2) is 18.3 Å². The van der Waals surface area contributed by atoms with Crippen LogP contribution in [0.4, 0.5) is 0 Å². The van der Waals surface area contributed by atoms with Crippen molar-refractivity contribution < 1.29 is 14.0 Å². The van der Waals surface area contributed by atoms with Gasteiger partial charge in [-0.25, -0.2) is 9.78 Å². The number of aromatic carboxylic acids is 1. The number of aromatic nitrogens is 1. The first kappa shape index (κ1) is 3.71. The smallest absolute Gasteiger partial charge is 0.354 e. The van der Waals surface area contributed by atoms with Gasteiger partial charge in [0.05, 0.1) is 0 Å². The SMILES string of the molecule is [2H]C([2H])([2H])c1cccnc1C(=O)O. The summed E-state index contributed by atoms with van der Waals surface area (Å²) < 4.78 is 21.1. The zero-order valence-corrected chi connectivity index (χ0v) is 5.03. The highest BCUT2D eigenvalue weighted by atomic mass is 16.4. The average molecular weight is 140 g/mol. The molecule has 0 amide bonds. The van der Waals surface area contributed by atoms with Crippen LogP contribution in [-0.4, -0.2) is 16.1 Å². The molecule has 0 saturated carbocycles. The minimum absolute atomic E-state index is 0.234. The van der Waals surface area contributed by atoms with Crippen molar-refractivity contribution in [3.8, 4) is 0 Å². The number of pyridine rings is 1. The first-order valence-corrected chi connectivity index (χ1v) is 2.61. The van der Waals surface area contributed by atoms with Crippen LogP contribution in [0.3, 0.4) is 0 Å². The van der Waals surface area contributed by atoms with Crippen molar-refractivity contribution in [3.63, 3.8) is 0 Å². The highest BCUT2D eigenvalue weighted by Gasteiger charge is 2.05. The minimum Gasteiger partial charge on any atom is -0.477 e. The summed E-state index contributed by atoms with van der Waals surface area (Å²) >= 11 is 0. The number of carboxylic acids is 1. The molecule has 0 aliphatic heterocycles. The molecule has 0 aliphatic carbocycles. The monoisotopic (exact) mass is 140 g/mol. The van der Waals surface area contributed by atoms with E-state index in [-0.39, 0.29) is 5.56 Å². The second kappa shape index (κ2) is 2.47. The third kappa shape index (κ3) is 1.13. The van der Waals surface area contributed by atoms with Crippen LogP contribution in [0.5, 0.6) is 0 Å². The van der Waals surface area contributed by atoms with Crippen molar-refractivity contribution in [2.24, 2.45) is 0 Å². The van der Waals surface area contributed by atoms with Gasteiger partial charge in [0.15, 0.2) is 5.69 Å². The maximum atomic E-state index is 10.6. The van der Waals surface area contributed by atoms with Gasteiger partial charge in [-0.1, -0.05) is 6.07 Å². The Morgan fingerprint density at radius 3 is 3.20 bits per heavy atom. The van der Waals surface area contributed by atoms with Crippen molar-refractivity contribution in [1.82, 2.24) is 4.98 Å². The third-order valence-electron chi connectivity index (χ3n) is 1.01. The molecule has 1 rings (SSSR count). The van der Waals surface area contributed by atoms with Crippen LogP contribution in [0.25, 0.3) is 0 Å². The molecule has 0 atom stereocenters. The Balaban J connectivity index is 3.28. The number of nitrogens with zero attached hydrogens (tertiary/aromatic N) is 1. The minimum atomic E-state index is -2.43. The van der Waals surface area contributed by atoms with E-state index in [4.69, 9.17) is 9.22 Å². The van der Waals surface area contributed by atoms with Crippen molar-refractivity contribution in [1.29, 1.82) is 0 Å². The van der Waals surface area contributed by atoms with Crippen LogP contribution in [0, 0.1) is 6.85 Å². The molecule has 3 heteroatoms. The standard InChI is InChI=1S/C7H7NO2/c1-5-3-2-4-8-6(5)7(9)10/h2-4H,1H3,(H,9,10)/i1D3. The molecule has 0 fully saturated rings. The first-order chi connectivity index (χ1) is 5.93. The van der Waals surface area contributed by atoms with Gasteiger partial charge < -0.3 is 5.11 Å². The van der Waals surface area contributed by atoms with E-state index in [0.29, 0.717) is 0 Å². The van der Waals surface area contributed by atoms with Crippen molar-refractivity contribution in [2.45, 2.75) is 6.85 Å². The molecule has 0 spiro atoms. The molecule has 0 radical (unpaired) electrons. The van der Waals surface area contributed by atoms with Crippen molar-refractivity contribution >= 4 is 5.97 Å². The Morgan fingerprint density at radius 1 is 1.90 bits per heavy atom. The molecule has 1 heterocycles. The summed E-state index contributed by atoms with van der Waals surface area (Å²) in [7, 11) is 0. The largest absolute Gasteiger partial charge is 0.477 e. The van der Waals surface area contributed by atoms with Gasteiger partial charge in [0, 0.05) is 10.3 Å². The molecule has 3 nitrogen and oxygen atoms in total. The molecule has 1 aromatic rings. The quantitative estimate of drug-likeness (QED) is 0.635. The fraction of sp³-hybridized carbons (Fsp3) is 0.143. The maximum absolute atomic E-state index is 10.6. The van der Waals surface area contributed by atoms with Gasteiger partial charge in [0.2, 0.25) is 0 Å². The zero-order chi connectivity index (χ0) is 10.1. The van der Waals surface area contributed by atoms with E-state index in [0.717, 1.165) is 0 Å². The predicted octanol–water partition coefficient (Wildman–Crippen LogP) is 1.09. The van der Waals surface area contributed by atoms with Crippen molar-refractivity contribution in [3.05, 3.63) is 29.6 Å². The average Bonchev–Trinajstić information content (AvgIpc) is 2.03. The summed E-state index contributed by atoms with van der Waals surface area (Å²) in [6, 6.07) is 2.64. The molecule has 10 heavy (non-hydrogen) atoms. The molecule has 1 N–H and O–H groups in total. The molecule has 0 aromatic carbocycles. The van der Waals surface area contributed by atoms with Gasteiger partial charge >= 0.3 is 5.97 Å². The van der Waals surface area contributed by atoms with E-state index in [9.17, 15) is 4.79 Å². The lowest BCUT2D eigenvalue weighted by Gasteiger charge is -1.95. The molecule has 0 aliphatic rings. The Kier molecular flexibility index (Phi) is 0.917. The number of rotatable bonds is 1. The number of hydrogen-bond acceptors (Lipinski definition) is 2. The highest BCUT2D eigenvalue weighted by Crippen LogP contribution is 2.01. The lowest BCUT2D eigenvalue weighted by atomic mass is 10.2. The third-order valence-corrected chi connectivity index (χ3v) is 1.01. The number of carboxylic acid groups (broad SMARTS) is 1. The summed E-state index contributed by atoms with van der Waals surface area (Å²) in [4.78, 5) is 14.0. The van der Waals surface area contributed by atoms with Gasteiger partial charge in [0.25, 0.3) is 0 Å². The normalized spacial score (nSPS) is 15.0. The molecule has 52 valence electrons. The molecule has 1 aromatic heterocycles. The summed E-state index contributed by atoms with van der Waals surface area (Å²) in [6.07, 6.45) is 1.25. The van der Waals surface area contributed by atoms with Gasteiger partial charge in [0.1, 0.15) is 0 Å². The van der Waals surface area contributed by atoms with Crippen LogP contribution < -0.4 is 0 Å². The topological polar surface area (TPSA) is 50.2 Å². The van der Waals surface area contributed by atoms with E-state index in [2.05, 4.69) is 4.98 Å². The van der Waals surface area contributed by atoms with E-state index in [1.807, 2.05) is 0 Å². The second-order valence-electron chi connectivity index (χ2n) is 1.70. The van der Waals surface area contributed by atoms with Crippen molar-refractivity contribution in [2.75, 3.05) is 0 Å². The first-order valence-electron chi connectivity index (χ1n) is 4.11. The maximum Gasteiger partial charge on any atom is 0.354 e. The van der Waals surface area contributed by atoms with Crippen LogP contribution >= 0.6 is 0 Å². The summed E-state index contributed by atoms with van der Waals surface area (Å²) in [5.41, 5.74) is -0.648. The van der Waals surface area contributed by atoms with Gasteiger partial charge in [-0.3, -0.25) is 0 Å². The Hall–Kier alpha value is -1.38. The fourth-order valence-electron chi connectivity index (χ4n) is 0.576. The molecular weight excluding hydrogens is 130 g/mol. The number of carbonyl (C=O) groups is 1. The summed E-state index contributed by atoms with van der Waals surface area (Å²) in [5.74, 6) is -1.33. The second-order valence-corrected chi connectivity index (χ2v) is 1.70. The molecule has 0 saturated heterocycles. The van der Waals surface area contributed by atoms with Crippen LogP contribution in [0.1, 0.15) is 20.2 Å². The zero-order valence-electron chi connectivity index (χ0n) is 8.03. The van der Waals surface area contributed by atoms with E-state index in [1.54, 1.807) is 0 Å². The molecular formula is C7H7NO2. The lowest BCUT2D eigenvalue weighted by Crippen LogP contribution is -2.01. The molecule has 0 unspecified atom stereocenters. The Morgan fingerprint density at radius 2 is 2.70 bits per heavy atom. The van der Waals surface area contributed by atoms with Crippen LogP contribution in [-0.2, 0) is 0 Å². The molecule has 0 bridgehead atoms. The Bertz CT molecular complexity index is 335. The number of hydrogen-bond donors (Lipinski definition) is 1. The van der Waals surface area contributed by atoms with Gasteiger partial charge in [-0.2, -0.15) is 0 Å².